The molecule has 20 heavy (non-hydrogen) atoms. The van der Waals surface area contributed by atoms with Crippen molar-refractivity contribution >= 4 is 5.69 Å². The van der Waals surface area contributed by atoms with Crippen molar-refractivity contribution in [1.29, 1.82) is 5.26 Å². The lowest BCUT2D eigenvalue weighted by Gasteiger charge is -2.37. The van der Waals surface area contributed by atoms with E-state index in [9.17, 15) is 0 Å². The molecule has 0 bridgehead atoms. The summed E-state index contributed by atoms with van der Waals surface area (Å²) in [6, 6.07) is 3.66. The number of rotatable bonds is 3. The van der Waals surface area contributed by atoms with E-state index in [1.165, 1.54) is 19.0 Å². The first-order chi connectivity index (χ1) is 9.51. The molecule has 1 aliphatic rings. The van der Waals surface area contributed by atoms with Crippen LogP contribution in [0.15, 0.2) is 12.3 Å². The molecular weight excluding hydrogens is 250 g/mol. The van der Waals surface area contributed by atoms with Gasteiger partial charge in [0.2, 0.25) is 5.88 Å². The number of aromatic nitrogens is 1. The van der Waals surface area contributed by atoms with E-state index < -0.39 is 0 Å². The molecule has 3 unspecified atom stereocenters. The van der Waals surface area contributed by atoms with Crippen molar-refractivity contribution in [2.24, 2.45) is 17.8 Å². The van der Waals surface area contributed by atoms with Crippen LogP contribution in [0.25, 0.3) is 0 Å². The molecule has 0 saturated heterocycles. The molecule has 0 amide bonds. The molecule has 0 aromatic carbocycles. The number of hydrogen-bond donors (Lipinski definition) is 1. The van der Waals surface area contributed by atoms with Crippen LogP contribution in [-0.2, 0) is 0 Å². The van der Waals surface area contributed by atoms with Gasteiger partial charge in [-0.3, -0.25) is 0 Å². The normalized spacial score (nSPS) is 26.2. The predicted octanol–water partition coefficient (Wildman–Crippen LogP) is 3.38. The van der Waals surface area contributed by atoms with Crippen LogP contribution < -0.4 is 10.5 Å². The van der Waals surface area contributed by atoms with Crippen LogP contribution in [0.5, 0.6) is 5.88 Å². The van der Waals surface area contributed by atoms with Crippen molar-refractivity contribution in [3.05, 3.63) is 17.8 Å². The second-order valence-electron chi connectivity index (χ2n) is 6.21. The summed E-state index contributed by atoms with van der Waals surface area (Å²) in [6.45, 7) is 6.75. The van der Waals surface area contributed by atoms with Gasteiger partial charge in [0, 0.05) is 6.20 Å². The lowest BCUT2D eigenvalue weighted by molar-refractivity contribution is 0.0432. The van der Waals surface area contributed by atoms with Crippen LogP contribution in [0.4, 0.5) is 5.69 Å². The Kier molecular flexibility index (Phi) is 4.49. The molecule has 2 rings (SSSR count). The summed E-state index contributed by atoms with van der Waals surface area (Å²) in [6.07, 6.45) is 5.19. The van der Waals surface area contributed by atoms with E-state index in [4.69, 9.17) is 15.7 Å². The highest BCUT2D eigenvalue weighted by molar-refractivity contribution is 5.52. The highest BCUT2D eigenvalue weighted by Crippen LogP contribution is 2.36. The molecular formula is C16H23N3O. The van der Waals surface area contributed by atoms with E-state index >= 15 is 0 Å². The quantitative estimate of drug-likeness (QED) is 0.916. The van der Waals surface area contributed by atoms with Crippen molar-refractivity contribution in [3.8, 4) is 11.9 Å². The molecule has 1 aliphatic carbocycles. The number of nitrogen functional groups attached to an aromatic ring is 1. The number of hydrogen-bond acceptors (Lipinski definition) is 4. The maximum Gasteiger partial charge on any atom is 0.237 e. The first-order valence-electron chi connectivity index (χ1n) is 7.33. The standard InChI is InChI=1S/C16H23N3O/c1-10(2)13-5-4-11(3)6-15(13)20-16-14(18)7-12(8-17)9-19-16/h7,9-11,13,15H,4-6,18H2,1-3H3. The van der Waals surface area contributed by atoms with Gasteiger partial charge in [0.1, 0.15) is 12.2 Å². The Morgan fingerprint density at radius 3 is 2.80 bits per heavy atom. The van der Waals surface area contributed by atoms with E-state index in [-0.39, 0.29) is 6.10 Å². The Bertz CT molecular complexity index is 507. The average Bonchev–Trinajstić information content (AvgIpc) is 2.40. The minimum Gasteiger partial charge on any atom is -0.473 e. The molecule has 3 atom stereocenters. The van der Waals surface area contributed by atoms with Crippen LogP contribution >= 0.6 is 0 Å². The lowest BCUT2D eigenvalue weighted by Crippen LogP contribution is -2.36. The molecule has 1 fully saturated rings. The van der Waals surface area contributed by atoms with E-state index in [0.717, 1.165) is 6.42 Å². The zero-order valence-electron chi connectivity index (χ0n) is 12.5. The molecule has 4 heteroatoms. The fourth-order valence-corrected chi connectivity index (χ4v) is 3.02. The molecule has 0 aliphatic heterocycles. The second-order valence-corrected chi connectivity index (χ2v) is 6.21. The van der Waals surface area contributed by atoms with Gasteiger partial charge in [0.05, 0.1) is 11.3 Å². The summed E-state index contributed by atoms with van der Waals surface area (Å²) in [7, 11) is 0. The summed E-state index contributed by atoms with van der Waals surface area (Å²) in [4.78, 5) is 4.19. The van der Waals surface area contributed by atoms with Crippen molar-refractivity contribution in [3.63, 3.8) is 0 Å². The van der Waals surface area contributed by atoms with Crippen LogP contribution in [0.3, 0.4) is 0 Å². The van der Waals surface area contributed by atoms with Crippen molar-refractivity contribution < 1.29 is 4.74 Å². The first-order valence-corrected chi connectivity index (χ1v) is 7.33. The highest BCUT2D eigenvalue weighted by atomic mass is 16.5. The third kappa shape index (κ3) is 3.22. The monoisotopic (exact) mass is 273 g/mol. The Morgan fingerprint density at radius 1 is 1.45 bits per heavy atom. The summed E-state index contributed by atoms with van der Waals surface area (Å²) >= 11 is 0. The molecule has 0 radical (unpaired) electrons. The molecule has 108 valence electrons. The van der Waals surface area contributed by atoms with Crippen LogP contribution in [-0.4, -0.2) is 11.1 Å². The lowest BCUT2D eigenvalue weighted by atomic mass is 9.75. The molecule has 1 aromatic rings. The smallest absolute Gasteiger partial charge is 0.237 e. The van der Waals surface area contributed by atoms with Gasteiger partial charge in [0.15, 0.2) is 0 Å². The zero-order valence-corrected chi connectivity index (χ0v) is 12.5. The number of pyridine rings is 1. The van der Waals surface area contributed by atoms with Gasteiger partial charge in [-0.1, -0.05) is 27.2 Å². The van der Waals surface area contributed by atoms with E-state index in [0.29, 0.717) is 34.9 Å². The molecule has 2 N–H and O–H groups in total. The summed E-state index contributed by atoms with van der Waals surface area (Å²) in [5.41, 5.74) is 6.85. The van der Waals surface area contributed by atoms with E-state index in [1.807, 2.05) is 6.07 Å². The van der Waals surface area contributed by atoms with Gasteiger partial charge in [-0.05, 0) is 36.7 Å². The average molecular weight is 273 g/mol. The highest BCUT2D eigenvalue weighted by Gasteiger charge is 2.32. The van der Waals surface area contributed by atoms with Crippen molar-refractivity contribution in [2.45, 2.75) is 46.1 Å². The van der Waals surface area contributed by atoms with Gasteiger partial charge in [0.25, 0.3) is 0 Å². The molecule has 1 saturated carbocycles. The number of nitriles is 1. The largest absolute Gasteiger partial charge is 0.473 e. The van der Waals surface area contributed by atoms with Gasteiger partial charge in [-0.2, -0.15) is 5.26 Å². The van der Waals surface area contributed by atoms with Crippen LogP contribution in [0, 0.1) is 29.1 Å². The minimum atomic E-state index is 0.168. The number of nitrogens with two attached hydrogens (primary N) is 1. The second kappa shape index (κ2) is 6.13. The predicted molar refractivity (Wildman–Crippen MR) is 79.1 cm³/mol. The molecule has 1 heterocycles. The van der Waals surface area contributed by atoms with Gasteiger partial charge in [-0.15, -0.1) is 0 Å². The minimum absolute atomic E-state index is 0.168. The summed E-state index contributed by atoms with van der Waals surface area (Å²) in [5, 5.41) is 8.84. The number of anilines is 1. The van der Waals surface area contributed by atoms with E-state index in [1.54, 1.807) is 6.07 Å². The topological polar surface area (TPSA) is 71.9 Å². The van der Waals surface area contributed by atoms with Crippen molar-refractivity contribution in [1.82, 2.24) is 4.98 Å². The molecule has 1 aromatic heterocycles. The van der Waals surface area contributed by atoms with Gasteiger partial charge in [-0.25, -0.2) is 4.98 Å². The number of ether oxygens (including phenoxy) is 1. The Labute approximate surface area is 121 Å². The molecule has 4 nitrogen and oxygen atoms in total. The van der Waals surface area contributed by atoms with Crippen LogP contribution in [0.2, 0.25) is 0 Å². The fraction of sp³-hybridized carbons (Fsp3) is 0.625. The maximum absolute atomic E-state index is 8.84. The SMILES string of the molecule is CC1CCC(C(C)C)C(Oc2ncc(C#N)cc2N)C1. The first kappa shape index (κ1) is 14.6. The Balaban J connectivity index is 2.16. The van der Waals surface area contributed by atoms with Gasteiger partial charge >= 0.3 is 0 Å². The third-order valence-corrected chi connectivity index (χ3v) is 4.23. The Hall–Kier alpha value is -1.76. The fourth-order valence-electron chi connectivity index (χ4n) is 3.02. The third-order valence-electron chi connectivity index (χ3n) is 4.23. The zero-order chi connectivity index (χ0) is 14.7. The molecule has 0 spiro atoms. The summed E-state index contributed by atoms with van der Waals surface area (Å²) in [5.74, 6) is 2.28. The maximum atomic E-state index is 8.84. The number of nitrogens with zero attached hydrogens (tertiary/aromatic N) is 2. The van der Waals surface area contributed by atoms with Crippen molar-refractivity contribution in [2.75, 3.05) is 5.73 Å². The van der Waals surface area contributed by atoms with E-state index in [2.05, 4.69) is 25.8 Å². The van der Waals surface area contributed by atoms with Gasteiger partial charge < -0.3 is 10.5 Å². The summed E-state index contributed by atoms with van der Waals surface area (Å²) < 4.78 is 6.08. The van der Waals surface area contributed by atoms with Crippen LogP contribution in [0.1, 0.15) is 45.6 Å². The Morgan fingerprint density at radius 2 is 2.20 bits per heavy atom.